The quantitative estimate of drug-likeness (QED) is 0.784. The van der Waals surface area contributed by atoms with Crippen molar-refractivity contribution in [1.29, 1.82) is 0 Å². The van der Waals surface area contributed by atoms with Crippen LogP contribution in [0.3, 0.4) is 0 Å². The van der Waals surface area contributed by atoms with E-state index in [0.717, 1.165) is 18.4 Å². The van der Waals surface area contributed by atoms with Crippen LogP contribution < -0.4 is 5.73 Å². The first-order chi connectivity index (χ1) is 12.1. The first-order valence-electron chi connectivity index (χ1n) is 9.01. The third-order valence-electron chi connectivity index (χ3n) is 5.53. The fourth-order valence-electron chi connectivity index (χ4n) is 4.03. The second-order valence-corrected chi connectivity index (χ2v) is 6.88. The Kier molecular flexibility index (Phi) is 7.03. The summed E-state index contributed by atoms with van der Waals surface area (Å²) >= 11 is 0. The summed E-state index contributed by atoms with van der Waals surface area (Å²) in [6.45, 7) is 1.84. The highest BCUT2D eigenvalue weighted by molar-refractivity contribution is 5.85. The van der Waals surface area contributed by atoms with Crippen molar-refractivity contribution in [2.45, 2.75) is 37.3 Å². The normalized spacial score (nSPS) is 25.5. The number of halogens is 1. The number of morpholine rings is 1. The molecular weight excluding hydrogens is 354 g/mol. The Bertz CT molecular complexity index is 628. The molecule has 6 nitrogen and oxygen atoms in total. The first-order valence-corrected chi connectivity index (χ1v) is 9.01. The van der Waals surface area contributed by atoms with Gasteiger partial charge in [0, 0.05) is 26.6 Å². The van der Waals surface area contributed by atoms with Gasteiger partial charge in [0.15, 0.2) is 0 Å². The van der Waals surface area contributed by atoms with E-state index in [0.29, 0.717) is 32.5 Å². The number of amides is 2. The molecule has 1 aromatic rings. The summed E-state index contributed by atoms with van der Waals surface area (Å²) < 4.78 is 5.92. The Morgan fingerprint density at radius 2 is 2.04 bits per heavy atom. The van der Waals surface area contributed by atoms with Gasteiger partial charge in [-0.3, -0.25) is 9.59 Å². The van der Waals surface area contributed by atoms with Crippen molar-refractivity contribution in [3.05, 3.63) is 35.9 Å². The number of benzene rings is 1. The minimum Gasteiger partial charge on any atom is -0.364 e. The number of unbranched alkanes of at least 4 members (excludes halogenated alkanes) is 1. The summed E-state index contributed by atoms with van der Waals surface area (Å²) in [5.41, 5.74) is 6.09. The van der Waals surface area contributed by atoms with Crippen LogP contribution in [-0.4, -0.2) is 61.0 Å². The number of nitrogens with zero attached hydrogens (tertiary/aromatic N) is 2. The van der Waals surface area contributed by atoms with Crippen LogP contribution in [-0.2, 0) is 19.9 Å². The van der Waals surface area contributed by atoms with Crippen molar-refractivity contribution in [1.82, 2.24) is 9.80 Å². The lowest BCUT2D eigenvalue weighted by atomic mass is 9.76. The molecule has 0 spiro atoms. The molecule has 2 aliphatic rings. The molecule has 0 bridgehead atoms. The third-order valence-corrected chi connectivity index (χ3v) is 5.53. The summed E-state index contributed by atoms with van der Waals surface area (Å²) in [6, 6.07) is 10.0. The van der Waals surface area contributed by atoms with Gasteiger partial charge in [0.05, 0.1) is 5.54 Å². The van der Waals surface area contributed by atoms with Crippen molar-refractivity contribution < 1.29 is 14.3 Å². The number of carbonyl (C=O) groups is 2. The second-order valence-electron chi connectivity index (χ2n) is 6.88. The smallest absolute Gasteiger partial charge is 0.249 e. The molecule has 2 amide bonds. The van der Waals surface area contributed by atoms with Crippen LogP contribution in [0, 0.1) is 0 Å². The van der Waals surface area contributed by atoms with Gasteiger partial charge in [0.2, 0.25) is 11.8 Å². The summed E-state index contributed by atoms with van der Waals surface area (Å²) in [7, 11) is 1.85. The molecule has 2 heterocycles. The molecule has 2 aliphatic heterocycles. The van der Waals surface area contributed by atoms with Crippen molar-refractivity contribution in [3.8, 4) is 0 Å². The average molecular weight is 382 g/mol. The maximum atomic E-state index is 12.5. The second kappa shape index (κ2) is 8.84. The molecule has 2 fully saturated rings. The molecule has 3 rings (SSSR count). The Labute approximate surface area is 161 Å². The zero-order valence-electron chi connectivity index (χ0n) is 15.2. The molecular formula is C19H28ClN3O3. The third kappa shape index (κ3) is 3.72. The van der Waals surface area contributed by atoms with Crippen molar-refractivity contribution >= 4 is 24.2 Å². The predicted molar refractivity (Wildman–Crippen MR) is 102 cm³/mol. The van der Waals surface area contributed by atoms with Gasteiger partial charge in [0.25, 0.3) is 0 Å². The highest BCUT2D eigenvalue weighted by Gasteiger charge is 2.53. The van der Waals surface area contributed by atoms with E-state index < -0.39 is 5.54 Å². The van der Waals surface area contributed by atoms with Crippen LogP contribution >= 0.6 is 12.4 Å². The minimum atomic E-state index is -0.495. The number of piperidine rings is 1. The first kappa shape index (κ1) is 20.7. The fourth-order valence-corrected chi connectivity index (χ4v) is 4.03. The van der Waals surface area contributed by atoms with Crippen LogP contribution in [0.2, 0.25) is 0 Å². The van der Waals surface area contributed by atoms with E-state index in [2.05, 4.69) is 0 Å². The number of ether oxygens (including phenoxy) is 1. The van der Waals surface area contributed by atoms with Gasteiger partial charge in [-0.25, -0.2) is 0 Å². The Balaban J connectivity index is 0.00000243. The van der Waals surface area contributed by atoms with Crippen LogP contribution in [0.4, 0.5) is 0 Å². The number of likely N-dealkylation sites (N-methyl/N-ethyl adjacent to an activating group) is 1. The lowest BCUT2D eigenvalue weighted by Crippen LogP contribution is -2.67. The largest absolute Gasteiger partial charge is 0.364 e. The Morgan fingerprint density at radius 1 is 1.31 bits per heavy atom. The molecule has 0 unspecified atom stereocenters. The monoisotopic (exact) mass is 381 g/mol. The molecule has 2 saturated heterocycles. The number of nitrogens with two attached hydrogens (primary N) is 1. The van der Waals surface area contributed by atoms with Gasteiger partial charge in [-0.1, -0.05) is 30.3 Å². The molecule has 2 N–H and O–H groups in total. The SMILES string of the molecule is CN1C(=O)CO[C@@H]2CN(C(=O)CCCCN)CC[C@]21c1ccccc1.Cl. The van der Waals surface area contributed by atoms with Crippen LogP contribution in [0.25, 0.3) is 0 Å². The van der Waals surface area contributed by atoms with Gasteiger partial charge >= 0.3 is 0 Å². The lowest BCUT2D eigenvalue weighted by Gasteiger charge is -2.54. The number of hydrogen-bond acceptors (Lipinski definition) is 4. The van der Waals surface area contributed by atoms with E-state index in [9.17, 15) is 9.59 Å². The van der Waals surface area contributed by atoms with Crippen LogP contribution in [0.5, 0.6) is 0 Å². The average Bonchev–Trinajstić information content (AvgIpc) is 2.65. The van der Waals surface area contributed by atoms with E-state index in [-0.39, 0.29) is 36.9 Å². The highest BCUT2D eigenvalue weighted by Crippen LogP contribution is 2.42. The Hall–Kier alpha value is -1.63. The summed E-state index contributed by atoms with van der Waals surface area (Å²) in [5, 5.41) is 0. The molecule has 26 heavy (non-hydrogen) atoms. The fraction of sp³-hybridized carbons (Fsp3) is 0.579. The standard InChI is InChI=1S/C19H27N3O3.ClH/c1-21-18(24)14-25-16-13-22(17(23)9-5-6-11-20)12-10-19(16,21)15-7-3-2-4-8-15;/h2-4,7-8,16H,5-6,9-14,20H2,1H3;1H/t16-,19+;/m1./s1. The number of likely N-dealkylation sites (tertiary alicyclic amines) is 1. The number of carbonyl (C=O) groups excluding carboxylic acids is 2. The molecule has 0 saturated carbocycles. The number of fused-ring (bicyclic) bond motifs is 1. The van der Waals surface area contributed by atoms with Crippen LogP contribution in [0.15, 0.2) is 30.3 Å². The van der Waals surface area contributed by atoms with E-state index in [1.54, 1.807) is 0 Å². The lowest BCUT2D eigenvalue weighted by molar-refractivity contribution is -0.184. The van der Waals surface area contributed by atoms with Gasteiger partial charge in [-0.15, -0.1) is 12.4 Å². The molecule has 2 atom stereocenters. The molecule has 1 aromatic carbocycles. The highest BCUT2D eigenvalue weighted by atomic mass is 35.5. The molecule has 0 aromatic heterocycles. The van der Waals surface area contributed by atoms with E-state index in [1.165, 1.54) is 0 Å². The van der Waals surface area contributed by atoms with E-state index in [1.807, 2.05) is 47.2 Å². The molecule has 0 radical (unpaired) electrons. The maximum Gasteiger partial charge on any atom is 0.249 e. The summed E-state index contributed by atoms with van der Waals surface area (Å²) in [6.07, 6.45) is 2.69. The number of rotatable bonds is 5. The van der Waals surface area contributed by atoms with E-state index >= 15 is 0 Å². The van der Waals surface area contributed by atoms with Gasteiger partial charge in [-0.2, -0.15) is 0 Å². The summed E-state index contributed by atoms with van der Waals surface area (Å²) in [5.74, 6) is 0.140. The topological polar surface area (TPSA) is 75.9 Å². The van der Waals surface area contributed by atoms with E-state index in [4.69, 9.17) is 10.5 Å². The zero-order chi connectivity index (χ0) is 17.9. The molecule has 144 valence electrons. The van der Waals surface area contributed by atoms with Gasteiger partial charge in [0.1, 0.15) is 12.7 Å². The maximum absolute atomic E-state index is 12.5. The van der Waals surface area contributed by atoms with Gasteiger partial charge in [-0.05, 0) is 31.4 Å². The van der Waals surface area contributed by atoms with Crippen molar-refractivity contribution in [3.63, 3.8) is 0 Å². The minimum absolute atomic E-state index is 0. The number of hydrogen-bond donors (Lipinski definition) is 1. The van der Waals surface area contributed by atoms with Crippen molar-refractivity contribution in [2.75, 3.05) is 33.3 Å². The van der Waals surface area contributed by atoms with Gasteiger partial charge < -0.3 is 20.3 Å². The molecule has 7 heteroatoms. The summed E-state index contributed by atoms with van der Waals surface area (Å²) in [4.78, 5) is 28.5. The molecule has 0 aliphatic carbocycles. The van der Waals surface area contributed by atoms with Crippen molar-refractivity contribution in [2.24, 2.45) is 5.73 Å². The zero-order valence-corrected chi connectivity index (χ0v) is 16.0. The van der Waals surface area contributed by atoms with Crippen LogP contribution in [0.1, 0.15) is 31.2 Å². The Morgan fingerprint density at radius 3 is 2.73 bits per heavy atom. The predicted octanol–water partition coefficient (Wildman–Crippen LogP) is 1.52.